The van der Waals surface area contributed by atoms with E-state index in [1.165, 1.54) is 19.3 Å². The fourth-order valence-electron chi connectivity index (χ4n) is 1.30. The van der Waals surface area contributed by atoms with Gasteiger partial charge >= 0.3 is 0 Å². The third-order valence-corrected chi connectivity index (χ3v) is 2.08. The second-order valence-corrected chi connectivity index (χ2v) is 2.65. The Bertz CT molecular complexity index is 88.7. The first-order chi connectivity index (χ1) is 3.91. The SMILES string of the molecule is C1CC2(C1)COCO2. The summed E-state index contributed by atoms with van der Waals surface area (Å²) in [5, 5.41) is 0. The summed E-state index contributed by atoms with van der Waals surface area (Å²) >= 11 is 0. The molecule has 0 N–H and O–H groups in total. The first kappa shape index (κ1) is 4.77. The van der Waals surface area contributed by atoms with Gasteiger partial charge in [0.15, 0.2) is 0 Å². The molecule has 1 saturated carbocycles. The van der Waals surface area contributed by atoms with Gasteiger partial charge in [-0.05, 0) is 19.3 Å². The number of rotatable bonds is 0. The number of hydrogen-bond donors (Lipinski definition) is 0. The Hall–Kier alpha value is -0.0800. The minimum atomic E-state index is 0.194. The van der Waals surface area contributed by atoms with Gasteiger partial charge in [0.1, 0.15) is 6.79 Å². The van der Waals surface area contributed by atoms with Gasteiger partial charge in [-0.25, -0.2) is 0 Å². The van der Waals surface area contributed by atoms with Gasteiger partial charge in [-0.3, -0.25) is 0 Å². The molecule has 46 valence electrons. The van der Waals surface area contributed by atoms with Crippen molar-refractivity contribution in [2.24, 2.45) is 0 Å². The molecule has 0 amide bonds. The van der Waals surface area contributed by atoms with Gasteiger partial charge in [-0.2, -0.15) is 0 Å². The summed E-state index contributed by atoms with van der Waals surface area (Å²) in [4.78, 5) is 0. The van der Waals surface area contributed by atoms with E-state index in [4.69, 9.17) is 9.47 Å². The van der Waals surface area contributed by atoms with E-state index in [9.17, 15) is 0 Å². The van der Waals surface area contributed by atoms with Crippen LogP contribution in [0, 0.1) is 0 Å². The average Bonchev–Trinajstić information content (AvgIpc) is 2.07. The van der Waals surface area contributed by atoms with E-state index >= 15 is 0 Å². The zero-order valence-corrected chi connectivity index (χ0v) is 4.85. The molecule has 2 fully saturated rings. The molecule has 0 aromatic carbocycles. The number of ether oxygens (including phenoxy) is 2. The highest BCUT2D eigenvalue weighted by molar-refractivity contribution is 4.91. The lowest BCUT2D eigenvalue weighted by atomic mass is 9.81. The quantitative estimate of drug-likeness (QED) is 0.466. The first-order valence-electron chi connectivity index (χ1n) is 3.13. The van der Waals surface area contributed by atoms with Crippen LogP contribution in [0.5, 0.6) is 0 Å². The molecule has 0 aromatic heterocycles. The zero-order valence-electron chi connectivity index (χ0n) is 4.85. The molecule has 2 aliphatic rings. The lowest BCUT2D eigenvalue weighted by Crippen LogP contribution is -2.38. The van der Waals surface area contributed by atoms with Crippen LogP contribution >= 0.6 is 0 Å². The Morgan fingerprint density at radius 2 is 2.12 bits per heavy atom. The monoisotopic (exact) mass is 114 g/mol. The van der Waals surface area contributed by atoms with Gasteiger partial charge < -0.3 is 9.47 Å². The van der Waals surface area contributed by atoms with E-state index in [1.54, 1.807) is 0 Å². The molecular weight excluding hydrogens is 104 g/mol. The van der Waals surface area contributed by atoms with Crippen LogP contribution in [0.25, 0.3) is 0 Å². The summed E-state index contributed by atoms with van der Waals surface area (Å²) < 4.78 is 10.4. The summed E-state index contributed by atoms with van der Waals surface area (Å²) in [5.41, 5.74) is 0.194. The second-order valence-electron chi connectivity index (χ2n) is 2.65. The van der Waals surface area contributed by atoms with Crippen molar-refractivity contribution in [2.45, 2.75) is 24.9 Å². The van der Waals surface area contributed by atoms with Crippen LogP contribution in [0.3, 0.4) is 0 Å². The van der Waals surface area contributed by atoms with E-state index in [1.807, 2.05) is 0 Å². The lowest BCUT2D eigenvalue weighted by molar-refractivity contribution is -0.0556. The van der Waals surface area contributed by atoms with Gasteiger partial charge in [0, 0.05) is 0 Å². The normalized spacial score (nSPS) is 33.0. The standard InChI is InChI=1S/C6H10O2/c1-2-6(3-1)4-7-5-8-6/h1-5H2. The Morgan fingerprint density at radius 3 is 2.38 bits per heavy atom. The van der Waals surface area contributed by atoms with E-state index < -0.39 is 0 Å². The van der Waals surface area contributed by atoms with Crippen molar-refractivity contribution in [1.82, 2.24) is 0 Å². The maximum atomic E-state index is 5.35. The molecule has 1 spiro atoms. The summed E-state index contributed by atoms with van der Waals surface area (Å²) in [6, 6.07) is 0. The van der Waals surface area contributed by atoms with E-state index in [0.29, 0.717) is 6.79 Å². The third-order valence-electron chi connectivity index (χ3n) is 2.08. The predicted molar refractivity (Wildman–Crippen MR) is 28.5 cm³/mol. The van der Waals surface area contributed by atoms with E-state index in [-0.39, 0.29) is 5.60 Å². The van der Waals surface area contributed by atoms with E-state index in [0.717, 1.165) is 6.61 Å². The van der Waals surface area contributed by atoms with Crippen molar-refractivity contribution in [2.75, 3.05) is 13.4 Å². The molecule has 8 heavy (non-hydrogen) atoms. The highest BCUT2D eigenvalue weighted by atomic mass is 16.7. The highest BCUT2D eigenvalue weighted by Crippen LogP contribution is 2.38. The summed E-state index contributed by atoms with van der Waals surface area (Å²) in [6.45, 7) is 1.37. The van der Waals surface area contributed by atoms with Crippen molar-refractivity contribution >= 4 is 0 Å². The Kier molecular flexibility index (Phi) is 0.866. The van der Waals surface area contributed by atoms with Crippen LogP contribution in [0.15, 0.2) is 0 Å². The smallest absolute Gasteiger partial charge is 0.147 e. The molecular formula is C6H10O2. The fourth-order valence-corrected chi connectivity index (χ4v) is 1.30. The van der Waals surface area contributed by atoms with Crippen molar-refractivity contribution < 1.29 is 9.47 Å². The maximum Gasteiger partial charge on any atom is 0.147 e. The van der Waals surface area contributed by atoms with Crippen molar-refractivity contribution in [3.8, 4) is 0 Å². The highest BCUT2D eigenvalue weighted by Gasteiger charge is 2.41. The van der Waals surface area contributed by atoms with Crippen LogP contribution in [-0.4, -0.2) is 19.0 Å². The van der Waals surface area contributed by atoms with Gasteiger partial charge in [-0.1, -0.05) is 0 Å². The largest absolute Gasteiger partial charge is 0.352 e. The Labute approximate surface area is 48.8 Å². The molecule has 2 nitrogen and oxygen atoms in total. The topological polar surface area (TPSA) is 18.5 Å². The zero-order chi connectivity index (χ0) is 5.45. The van der Waals surface area contributed by atoms with Crippen LogP contribution in [-0.2, 0) is 9.47 Å². The molecule has 0 aromatic rings. The minimum Gasteiger partial charge on any atom is -0.352 e. The molecule has 1 aliphatic carbocycles. The molecule has 1 saturated heterocycles. The maximum absolute atomic E-state index is 5.35. The molecule has 0 unspecified atom stereocenters. The van der Waals surface area contributed by atoms with Crippen molar-refractivity contribution in [1.29, 1.82) is 0 Å². The van der Waals surface area contributed by atoms with Gasteiger partial charge in [0.25, 0.3) is 0 Å². The van der Waals surface area contributed by atoms with Crippen LogP contribution < -0.4 is 0 Å². The average molecular weight is 114 g/mol. The predicted octanol–water partition coefficient (Wildman–Crippen LogP) is 0.913. The summed E-state index contributed by atoms with van der Waals surface area (Å²) in [5.74, 6) is 0. The molecule has 0 atom stereocenters. The second kappa shape index (κ2) is 1.45. The first-order valence-corrected chi connectivity index (χ1v) is 3.13. The molecule has 1 aliphatic heterocycles. The Balaban J connectivity index is 2.01. The molecule has 2 rings (SSSR count). The van der Waals surface area contributed by atoms with E-state index in [2.05, 4.69) is 0 Å². The minimum absolute atomic E-state index is 0.194. The molecule has 2 heteroatoms. The van der Waals surface area contributed by atoms with Gasteiger partial charge in [0.05, 0.1) is 12.2 Å². The van der Waals surface area contributed by atoms with Crippen LogP contribution in [0.2, 0.25) is 0 Å². The number of hydrogen-bond acceptors (Lipinski definition) is 2. The third kappa shape index (κ3) is 0.501. The lowest BCUT2D eigenvalue weighted by Gasteiger charge is -2.34. The summed E-state index contributed by atoms with van der Waals surface area (Å²) in [7, 11) is 0. The van der Waals surface area contributed by atoms with Crippen molar-refractivity contribution in [3.05, 3.63) is 0 Å². The van der Waals surface area contributed by atoms with Gasteiger partial charge in [-0.15, -0.1) is 0 Å². The fraction of sp³-hybridized carbons (Fsp3) is 1.00. The molecule has 0 radical (unpaired) electrons. The molecule has 0 bridgehead atoms. The summed E-state index contributed by atoms with van der Waals surface area (Å²) in [6.07, 6.45) is 3.75. The Morgan fingerprint density at radius 1 is 1.25 bits per heavy atom. The van der Waals surface area contributed by atoms with Crippen molar-refractivity contribution in [3.63, 3.8) is 0 Å². The van der Waals surface area contributed by atoms with Crippen LogP contribution in [0.1, 0.15) is 19.3 Å². The van der Waals surface area contributed by atoms with Crippen LogP contribution in [0.4, 0.5) is 0 Å². The van der Waals surface area contributed by atoms with Gasteiger partial charge in [0.2, 0.25) is 0 Å². The molecule has 1 heterocycles.